The van der Waals surface area contributed by atoms with Gasteiger partial charge in [0.05, 0.1) is 12.5 Å². The maximum Gasteiger partial charge on any atom is 0.239 e. The van der Waals surface area contributed by atoms with Gasteiger partial charge in [0.15, 0.2) is 11.6 Å². The summed E-state index contributed by atoms with van der Waals surface area (Å²) >= 11 is 0. The minimum atomic E-state index is -1.03. The molecule has 2 amide bonds. The van der Waals surface area contributed by atoms with E-state index >= 15 is 0 Å². The number of halogens is 2. The van der Waals surface area contributed by atoms with Crippen molar-refractivity contribution in [2.45, 2.75) is 38.1 Å². The highest BCUT2D eigenvalue weighted by Crippen LogP contribution is 2.10. The van der Waals surface area contributed by atoms with Gasteiger partial charge in [-0.15, -0.1) is 0 Å². The number of benzene rings is 1. The molecule has 0 aliphatic heterocycles. The first-order chi connectivity index (χ1) is 10.4. The first kappa shape index (κ1) is 17.6. The molecule has 1 aromatic carbocycles. The first-order valence-corrected chi connectivity index (χ1v) is 6.83. The number of nitrogens with two attached hydrogens (primary N) is 1. The van der Waals surface area contributed by atoms with Gasteiger partial charge in [0.2, 0.25) is 11.8 Å². The van der Waals surface area contributed by atoms with E-state index < -0.39 is 29.5 Å². The molecule has 0 saturated heterocycles. The van der Waals surface area contributed by atoms with Gasteiger partial charge in [0.1, 0.15) is 6.04 Å². The number of nitriles is 1. The normalized spacial score (nSPS) is 11.5. The molecule has 0 saturated carbocycles. The summed E-state index contributed by atoms with van der Waals surface area (Å²) in [6, 6.07) is 4.31. The first-order valence-electron chi connectivity index (χ1n) is 6.83. The van der Waals surface area contributed by atoms with Crippen molar-refractivity contribution in [2.75, 3.05) is 0 Å². The highest BCUT2D eigenvalue weighted by atomic mass is 19.2. The second-order valence-corrected chi connectivity index (χ2v) is 4.85. The molecule has 0 aliphatic rings. The van der Waals surface area contributed by atoms with Crippen molar-refractivity contribution < 1.29 is 18.4 Å². The Labute approximate surface area is 127 Å². The SMILES string of the molecule is N#CCCCC[C@H](NC(=O)Cc1ccc(F)c(F)c1)C(N)=O. The molecule has 0 aliphatic carbocycles. The Kier molecular flexibility index (Phi) is 6.96. The standard InChI is InChI=1S/C15H17F2N3O2/c16-11-6-5-10(8-12(11)17)9-14(21)20-13(15(19)22)4-2-1-3-7-18/h5-6,8,13H,1-4,9H2,(H2,19,22)(H,20,21)/t13-/m0/s1. The zero-order valence-corrected chi connectivity index (χ0v) is 11.9. The van der Waals surface area contributed by atoms with Crippen molar-refractivity contribution >= 4 is 11.8 Å². The zero-order chi connectivity index (χ0) is 16.5. The molecule has 0 fully saturated rings. The van der Waals surface area contributed by atoms with Crippen LogP contribution in [0, 0.1) is 23.0 Å². The molecule has 7 heteroatoms. The van der Waals surface area contributed by atoms with E-state index in [4.69, 9.17) is 11.0 Å². The predicted molar refractivity (Wildman–Crippen MR) is 75.3 cm³/mol. The van der Waals surface area contributed by atoms with Crippen LogP contribution in [-0.2, 0) is 16.0 Å². The number of unbranched alkanes of at least 4 members (excludes halogenated alkanes) is 2. The van der Waals surface area contributed by atoms with E-state index in [0.717, 1.165) is 12.1 Å². The Morgan fingerprint density at radius 2 is 2.00 bits per heavy atom. The number of nitrogens with one attached hydrogen (secondary N) is 1. The maximum absolute atomic E-state index is 13.1. The van der Waals surface area contributed by atoms with Crippen LogP contribution in [0.25, 0.3) is 0 Å². The summed E-state index contributed by atoms with van der Waals surface area (Å²) in [4.78, 5) is 23.1. The fourth-order valence-electron chi connectivity index (χ4n) is 1.92. The highest BCUT2D eigenvalue weighted by Gasteiger charge is 2.18. The molecule has 0 aromatic heterocycles. The van der Waals surface area contributed by atoms with Crippen LogP contribution in [0.4, 0.5) is 8.78 Å². The number of primary amides is 1. The Morgan fingerprint density at radius 1 is 1.27 bits per heavy atom. The molecule has 0 unspecified atom stereocenters. The van der Waals surface area contributed by atoms with Crippen LogP contribution in [0.15, 0.2) is 18.2 Å². The molecule has 1 aromatic rings. The van der Waals surface area contributed by atoms with Gasteiger partial charge in [0.25, 0.3) is 0 Å². The summed E-state index contributed by atoms with van der Waals surface area (Å²) in [6.45, 7) is 0. The van der Waals surface area contributed by atoms with E-state index in [1.165, 1.54) is 6.07 Å². The minimum Gasteiger partial charge on any atom is -0.368 e. The summed E-state index contributed by atoms with van der Waals surface area (Å²) in [5.41, 5.74) is 5.50. The average molecular weight is 309 g/mol. The van der Waals surface area contributed by atoms with E-state index in [9.17, 15) is 18.4 Å². The molecule has 0 bridgehead atoms. The monoisotopic (exact) mass is 309 g/mol. The summed E-state index contributed by atoms with van der Waals surface area (Å²) in [5.74, 6) is -3.20. The van der Waals surface area contributed by atoms with Crippen molar-refractivity contribution in [3.8, 4) is 6.07 Å². The number of carbonyl (C=O) groups is 2. The Balaban J connectivity index is 2.54. The number of rotatable bonds is 8. The van der Waals surface area contributed by atoms with Gasteiger partial charge in [-0.25, -0.2) is 8.78 Å². The number of nitrogens with zero attached hydrogens (tertiary/aromatic N) is 1. The molecule has 1 atom stereocenters. The van der Waals surface area contributed by atoms with E-state index in [1.54, 1.807) is 0 Å². The molecular weight excluding hydrogens is 292 g/mol. The lowest BCUT2D eigenvalue weighted by Crippen LogP contribution is -2.45. The van der Waals surface area contributed by atoms with Crippen molar-refractivity contribution in [3.63, 3.8) is 0 Å². The lowest BCUT2D eigenvalue weighted by molar-refractivity contribution is -0.127. The quantitative estimate of drug-likeness (QED) is 0.713. The van der Waals surface area contributed by atoms with Gasteiger partial charge in [-0.1, -0.05) is 6.07 Å². The fraction of sp³-hybridized carbons (Fsp3) is 0.400. The third-order valence-corrected chi connectivity index (χ3v) is 3.06. The predicted octanol–water partition coefficient (Wildman–Crippen LogP) is 1.56. The van der Waals surface area contributed by atoms with Gasteiger partial charge in [-0.3, -0.25) is 9.59 Å². The molecule has 0 radical (unpaired) electrons. The molecular formula is C15H17F2N3O2. The Morgan fingerprint density at radius 3 is 2.59 bits per heavy atom. The lowest BCUT2D eigenvalue weighted by atomic mass is 10.1. The van der Waals surface area contributed by atoms with Gasteiger partial charge in [0, 0.05) is 6.42 Å². The number of carbonyl (C=O) groups excluding carboxylic acids is 2. The van der Waals surface area contributed by atoms with Crippen LogP contribution in [0.2, 0.25) is 0 Å². The smallest absolute Gasteiger partial charge is 0.239 e. The third-order valence-electron chi connectivity index (χ3n) is 3.06. The van der Waals surface area contributed by atoms with Crippen LogP contribution in [0.3, 0.4) is 0 Å². The summed E-state index contributed by atoms with van der Waals surface area (Å²) in [6.07, 6.45) is 1.71. The summed E-state index contributed by atoms with van der Waals surface area (Å²) in [7, 11) is 0. The van der Waals surface area contributed by atoms with Gasteiger partial charge < -0.3 is 11.1 Å². The fourth-order valence-corrected chi connectivity index (χ4v) is 1.92. The van der Waals surface area contributed by atoms with Gasteiger partial charge in [-0.2, -0.15) is 5.26 Å². The van der Waals surface area contributed by atoms with Crippen molar-refractivity contribution in [1.29, 1.82) is 5.26 Å². The van der Waals surface area contributed by atoms with Crippen molar-refractivity contribution in [2.24, 2.45) is 5.73 Å². The van der Waals surface area contributed by atoms with E-state index in [-0.39, 0.29) is 6.42 Å². The molecule has 0 heterocycles. The molecule has 5 nitrogen and oxygen atoms in total. The lowest BCUT2D eigenvalue weighted by Gasteiger charge is -2.15. The number of hydrogen-bond donors (Lipinski definition) is 2. The number of amides is 2. The summed E-state index contributed by atoms with van der Waals surface area (Å²) < 4.78 is 25.8. The van der Waals surface area contributed by atoms with Crippen LogP contribution in [0.1, 0.15) is 31.2 Å². The Bertz CT molecular complexity index is 585. The van der Waals surface area contributed by atoms with E-state index in [1.807, 2.05) is 6.07 Å². The van der Waals surface area contributed by atoms with Crippen LogP contribution < -0.4 is 11.1 Å². The molecule has 22 heavy (non-hydrogen) atoms. The van der Waals surface area contributed by atoms with Crippen molar-refractivity contribution in [1.82, 2.24) is 5.32 Å². The highest BCUT2D eigenvalue weighted by molar-refractivity contribution is 5.87. The van der Waals surface area contributed by atoms with Gasteiger partial charge >= 0.3 is 0 Å². The maximum atomic E-state index is 13.1. The zero-order valence-electron chi connectivity index (χ0n) is 11.9. The van der Waals surface area contributed by atoms with E-state index in [0.29, 0.717) is 31.2 Å². The van der Waals surface area contributed by atoms with Crippen molar-refractivity contribution in [3.05, 3.63) is 35.4 Å². The number of hydrogen-bond acceptors (Lipinski definition) is 3. The summed E-state index contributed by atoms with van der Waals surface area (Å²) in [5, 5.41) is 10.9. The Hall–Kier alpha value is -2.49. The van der Waals surface area contributed by atoms with Crippen LogP contribution in [0.5, 0.6) is 0 Å². The largest absolute Gasteiger partial charge is 0.368 e. The second-order valence-electron chi connectivity index (χ2n) is 4.85. The second kappa shape index (κ2) is 8.72. The molecule has 0 spiro atoms. The van der Waals surface area contributed by atoms with E-state index in [2.05, 4.69) is 5.32 Å². The topological polar surface area (TPSA) is 96.0 Å². The molecule has 3 N–H and O–H groups in total. The van der Waals surface area contributed by atoms with Crippen LogP contribution in [-0.4, -0.2) is 17.9 Å². The average Bonchev–Trinajstić information content (AvgIpc) is 2.46. The minimum absolute atomic E-state index is 0.181. The molecule has 1 rings (SSSR count). The third kappa shape index (κ3) is 5.87. The van der Waals surface area contributed by atoms with Crippen LogP contribution >= 0.6 is 0 Å². The van der Waals surface area contributed by atoms with Gasteiger partial charge in [-0.05, 0) is 37.0 Å². The molecule has 118 valence electrons.